The zero-order chi connectivity index (χ0) is 20.3. The molecule has 0 spiro atoms. The van der Waals surface area contributed by atoms with Crippen LogP contribution >= 0.6 is 0 Å². The van der Waals surface area contributed by atoms with E-state index >= 15 is 0 Å². The molecule has 0 bridgehead atoms. The van der Waals surface area contributed by atoms with Gasteiger partial charge < -0.3 is 9.73 Å². The third kappa shape index (κ3) is 5.07. The van der Waals surface area contributed by atoms with Crippen LogP contribution in [0.1, 0.15) is 54.3 Å². The Balaban J connectivity index is 1.44. The summed E-state index contributed by atoms with van der Waals surface area (Å²) < 4.78 is 33.1. The van der Waals surface area contributed by atoms with Gasteiger partial charge in [-0.3, -0.25) is 9.69 Å². The molecule has 2 aliphatic rings. The van der Waals surface area contributed by atoms with E-state index in [1.165, 1.54) is 18.6 Å². The van der Waals surface area contributed by atoms with E-state index in [9.17, 15) is 13.2 Å². The van der Waals surface area contributed by atoms with Crippen molar-refractivity contribution in [1.82, 2.24) is 14.9 Å². The number of piperidine rings is 1. The molecule has 29 heavy (non-hydrogen) atoms. The molecule has 2 aromatic rings. The Morgan fingerprint density at radius 3 is 2.62 bits per heavy atom. The predicted octanol–water partition coefficient (Wildman–Crippen LogP) is 2.68. The fourth-order valence-electron chi connectivity index (χ4n) is 3.71. The van der Waals surface area contributed by atoms with Gasteiger partial charge in [0.15, 0.2) is 0 Å². The lowest BCUT2D eigenvalue weighted by molar-refractivity contribution is 0.0914. The number of amides is 1. The average molecular weight is 418 g/mol. The minimum absolute atomic E-state index is 0.0241. The molecule has 2 N–H and O–H groups in total. The van der Waals surface area contributed by atoms with Gasteiger partial charge in [0, 0.05) is 18.2 Å². The Morgan fingerprint density at radius 2 is 1.93 bits per heavy atom. The van der Waals surface area contributed by atoms with Crippen LogP contribution in [0.5, 0.6) is 0 Å². The molecule has 1 aromatic heterocycles. The minimum Gasteiger partial charge on any atom is -0.468 e. The highest BCUT2D eigenvalue weighted by Gasteiger charge is 2.29. The molecule has 0 unspecified atom stereocenters. The van der Waals surface area contributed by atoms with Crippen molar-refractivity contribution in [2.45, 2.75) is 49.1 Å². The monoisotopic (exact) mass is 417 g/mol. The van der Waals surface area contributed by atoms with E-state index in [0.717, 1.165) is 44.5 Å². The standard InChI is InChI=1S/C21H27N3O4S/c25-21(16-6-4-7-18(14-16)29(26,27)23-17-9-10-17)22-15-19(20-8-5-13-28-20)24-11-2-1-3-12-24/h4-8,13-14,17,19,23H,1-3,9-12,15H2,(H,22,25)/t19-/m0/s1. The third-order valence-electron chi connectivity index (χ3n) is 5.46. The Morgan fingerprint density at radius 1 is 1.14 bits per heavy atom. The maximum Gasteiger partial charge on any atom is 0.251 e. The van der Waals surface area contributed by atoms with Crippen LogP contribution < -0.4 is 10.0 Å². The van der Waals surface area contributed by atoms with Gasteiger partial charge in [-0.25, -0.2) is 13.1 Å². The normalized spacial score (nSPS) is 19.0. The van der Waals surface area contributed by atoms with Gasteiger partial charge in [0.2, 0.25) is 10.0 Å². The first-order chi connectivity index (χ1) is 14.0. The highest BCUT2D eigenvalue weighted by molar-refractivity contribution is 7.89. The first-order valence-corrected chi connectivity index (χ1v) is 11.7. The molecule has 156 valence electrons. The molecule has 1 aliphatic heterocycles. The van der Waals surface area contributed by atoms with Gasteiger partial charge in [-0.15, -0.1) is 0 Å². The summed E-state index contributed by atoms with van der Waals surface area (Å²) >= 11 is 0. The summed E-state index contributed by atoms with van der Waals surface area (Å²) in [6, 6.07) is 9.97. The van der Waals surface area contributed by atoms with E-state index in [0.29, 0.717) is 12.1 Å². The number of nitrogens with zero attached hydrogens (tertiary/aromatic N) is 1. The summed E-state index contributed by atoms with van der Waals surface area (Å²) in [4.78, 5) is 15.2. The molecule has 2 heterocycles. The van der Waals surface area contributed by atoms with Crippen molar-refractivity contribution in [2.24, 2.45) is 0 Å². The highest BCUT2D eigenvalue weighted by Crippen LogP contribution is 2.25. The molecule has 1 aromatic carbocycles. The topological polar surface area (TPSA) is 91.7 Å². The summed E-state index contributed by atoms with van der Waals surface area (Å²) in [5.41, 5.74) is 0.334. The third-order valence-corrected chi connectivity index (χ3v) is 6.98. The lowest BCUT2D eigenvalue weighted by Crippen LogP contribution is -2.40. The van der Waals surface area contributed by atoms with Crippen LogP contribution in [0.15, 0.2) is 52.0 Å². The van der Waals surface area contributed by atoms with Crippen molar-refractivity contribution < 1.29 is 17.6 Å². The zero-order valence-electron chi connectivity index (χ0n) is 16.3. The van der Waals surface area contributed by atoms with Crippen LogP contribution in [-0.4, -0.2) is 44.9 Å². The summed E-state index contributed by atoms with van der Waals surface area (Å²) in [7, 11) is -3.59. The van der Waals surface area contributed by atoms with Gasteiger partial charge in [-0.05, 0) is 69.1 Å². The number of hydrogen-bond acceptors (Lipinski definition) is 5. The largest absolute Gasteiger partial charge is 0.468 e. The van der Waals surface area contributed by atoms with Crippen LogP contribution in [0.4, 0.5) is 0 Å². The molecule has 1 aliphatic carbocycles. The number of hydrogen-bond donors (Lipinski definition) is 2. The van der Waals surface area contributed by atoms with Gasteiger partial charge >= 0.3 is 0 Å². The molecule has 1 atom stereocenters. The molecule has 1 saturated heterocycles. The molecule has 0 radical (unpaired) electrons. The Kier molecular flexibility index (Phi) is 6.03. The van der Waals surface area contributed by atoms with Gasteiger partial charge in [-0.2, -0.15) is 0 Å². The number of benzene rings is 1. The Bertz CT molecular complexity index is 933. The number of carbonyl (C=O) groups excluding carboxylic acids is 1. The lowest BCUT2D eigenvalue weighted by Gasteiger charge is -2.33. The second kappa shape index (κ2) is 8.69. The lowest BCUT2D eigenvalue weighted by atomic mass is 10.1. The summed E-state index contributed by atoms with van der Waals surface area (Å²) in [6.07, 6.45) is 6.88. The van der Waals surface area contributed by atoms with E-state index in [2.05, 4.69) is 14.9 Å². The molecule has 1 amide bonds. The minimum atomic E-state index is -3.59. The van der Waals surface area contributed by atoms with Gasteiger partial charge in [-0.1, -0.05) is 12.5 Å². The second-order valence-corrected chi connectivity index (χ2v) is 9.48. The van der Waals surface area contributed by atoms with Gasteiger partial charge in [0.1, 0.15) is 5.76 Å². The predicted molar refractivity (Wildman–Crippen MR) is 109 cm³/mol. The summed E-state index contributed by atoms with van der Waals surface area (Å²) in [5, 5.41) is 2.96. The van der Waals surface area contributed by atoms with Crippen LogP contribution in [-0.2, 0) is 10.0 Å². The highest BCUT2D eigenvalue weighted by atomic mass is 32.2. The second-order valence-electron chi connectivity index (χ2n) is 7.76. The van der Waals surface area contributed by atoms with E-state index < -0.39 is 10.0 Å². The summed E-state index contributed by atoms with van der Waals surface area (Å²) in [5.74, 6) is 0.541. The molecule has 1 saturated carbocycles. The van der Waals surface area contributed by atoms with E-state index in [1.807, 2.05) is 12.1 Å². The van der Waals surface area contributed by atoms with E-state index in [4.69, 9.17) is 4.42 Å². The number of nitrogens with one attached hydrogen (secondary N) is 2. The Labute approximate surface area is 171 Å². The quantitative estimate of drug-likeness (QED) is 0.689. The zero-order valence-corrected chi connectivity index (χ0v) is 17.2. The number of carbonyl (C=O) groups is 1. The SMILES string of the molecule is O=C(NC[C@@H](c1ccco1)N1CCCCC1)c1cccc(S(=O)(=O)NC2CC2)c1. The Hall–Kier alpha value is -2.16. The van der Waals surface area contributed by atoms with Crippen LogP contribution in [0.2, 0.25) is 0 Å². The van der Waals surface area contributed by atoms with Crippen molar-refractivity contribution in [3.8, 4) is 0 Å². The van der Waals surface area contributed by atoms with Crippen molar-refractivity contribution >= 4 is 15.9 Å². The van der Waals surface area contributed by atoms with Crippen molar-refractivity contribution in [3.63, 3.8) is 0 Å². The van der Waals surface area contributed by atoms with Crippen molar-refractivity contribution in [1.29, 1.82) is 0 Å². The maximum absolute atomic E-state index is 12.7. The molecule has 4 rings (SSSR count). The fraction of sp³-hybridized carbons (Fsp3) is 0.476. The van der Waals surface area contributed by atoms with Crippen LogP contribution in [0.25, 0.3) is 0 Å². The number of furan rings is 1. The molecule has 2 fully saturated rings. The van der Waals surface area contributed by atoms with Crippen molar-refractivity contribution in [3.05, 3.63) is 54.0 Å². The van der Waals surface area contributed by atoms with Gasteiger partial charge in [0.05, 0.1) is 17.2 Å². The first kappa shape index (κ1) is 20.1. The fourth-order valence-corrected chi connectivity index (χ4v) is 5.06. The molecular formula is C21H27N3O4S. The van der Waals surface area contributed by atoms with E-state index in [1.54, 1.807) is 18.4 Å². The molecule has 8 heteroatoms. The number of likely N-dealkylation sites (tertiary alicyclic amines) is 1. The maximum atomic E-state index is 12.7. The molecular weight excluding hydrogens is 390 g/mol. The van der Waals surface area contributed by atoms with Crippen LogP contribution in [0, 0.1) is 0 Å². The smallest absolute Gasteiger partial charge is 0.251 e. The number of sulfonamides is 1. The number of rotatable bonds is 8. The van der Waals surface area contributed by atoms with E-state index in [-0.39, 0.29) is 22.9 Å². The summed E-state index contributed by atoms with van der Waals surface area (Å²) in [6.45, 7) is 2.35. The first-order valence-electron chi connectivity index (χ1n) is 10.2. The average Bonchev–Trinajstić information content (AvgIpc) is 3.37. The van der Waals surface area contributed by atoms with Gasteiger partial charge in [0.25, 0.3) is 5.91 Å². The van der Waals surface area contributed by atoms with Crippen molar-refractivity contribution in [2.75, 3.05) is 19.6 Å². The van der Waals surface area contributed by atoms with Crippen LogP contribution in [0.3, 0.4) is 0 Å². The molecule has 7 nitrogen and oxygen atoms in total.